The molecule has 0 atom stereocenters. The fourth-order valence-electron chi connectivity index (χ4n) is 2.81. The van der Waals surface area contributed by atoms with Crippen LogP contribution in [0.2, 0.25) is 0 Å². The van der Waals surface area contributed by atoms with Crippen molar-refractivity contribution in [2.75, 3.05) is 11.4 Å². The predicted molar refractivity (Wildman–Crippen MR) is 89.4 cm³/mol. The third-order valence-corrected chi connectivity index (χ3v) is 4.34. The van der Waals surface area contributed by atoms with E-state index >= 15 is 0 Å². The molecule has 0 aliphatic carbocycles. The van der Waals surface area contributed by atoms with Crippen molar-refractivity contribution in [2.24, 2.45) is 0 Å². The van der Waals surface area contributed by atoms with Crippen molar-refractivity contribution < 1.29 is 9.72 Å². The topological polar surface area (TPSA) is 76.3 Å². The number of aromatic nitrogens is 1. The summed E-state index contributed by atoms with van der Waals surface area (Å²) in [6, 6.07) is 7.03. The second-order valence-corrected chi connectivity index (χ2v) is 6.26. The van der Waals surface area contributed by atoms with E-state index in [1.165, 1.54) is 6.07 Å². The second kappa shape index (κ2) is 6.45. The van der Waals surface area contributed by atoms with E-state index in [1.54, 1.807) is 17.3 Å². The molecule has 0 saturated heterocycles. The number of benzene rings is 1. The Hall–Kier alpha value is -2.28. The molecule has 0 fully saturated rings. The van der Waals surface area contributed by atoms with Gasteiger partial charge in [0.2, 0.25) is 5.91 Å². The molecule has 0 radical (unpaired) electrons. The summed E-state index contributed by atoms with van der Waals surface area (Å²) in [4.78, 5) is 28.9. The highest BCUT2D eigenvalue weighted by molar-refractivity contribution is 9.10. The fourth-order valence-corrected chi connectivity index (χ4v) is 3.30. The highest BCUT2D eigenvalue weighted by Crippen LogP contribution is 2.39. The summed E-state index contributed by atoms with van der Waals surface area (Å²) in [6.45, 7) is 0.488. The van der Waals surface area contributed by atoms with Gasteiger partial charge in [-0.25, -0.2) is 0 Å². The zero-order chi connectivity index (χ0) is 16.4. The molecule has 1 aromatic heterocycles. The van der Waals surface area contributed by atoms with Crippen LogP contribution in [-0.2, 0) is 17.6 Å². The van der Waals surface area contributed by atoms with Gasteiger partial charge in [-0.15, -0.1) is 0 Å². The number of fused-ring (bicyclic) bond motifs is 1. The highest BCUT2D eigenvalue weighted by atomic mass is 79.9. The summed E-state index contributed by atoms with van der Waals surface area (Å²) in [6.07, 6.45) is 4.92. The molecule has 0 saturated carbocycles. The Bertz CT molecular complexity index is 765. The van der Waals surface area contributed by atoms with Crippen LogP contribution >= 0.6 is 15.9 Å². The summed E-state index contributed by atoms with van der Waals surface area (Å²) >= 11 is 3.29. The van der Waals surface area contributed by atoms with Crippen molar-refractivity contribution in [3.8, 4) is 0 Å². The van der Waals surface area contributed by atoms with Gasteiger partial charge in [0, 0.05) is 35.9 Å². The molecule has 0 N–H and O–H groups in total. The number of halogens is 1. The Labute approximate surface area is 141 Å². The standard InChI is InChI=1S/C16H14BrN3O3/c17-13-9-12-5-8-19(16(12)14(10-13)20(22)23)15(21)2-1-11-3-6-18-7-4-11/h3-4,6-7,9-10H,1-2,5,8H2. The minimum Gasteiger partial charge on any atom is -0.306 e. The van der Waals surface area contributed by atoms with E-state index in [1.807, 2.05) is 18.2 Å². The average molecular weight is 376 g/mol. The normalized spacial score (nSPS) is 13.0. The van der Waals surface area contributed by atoms with Crippen LogP contribution in [0.15, 0.2) is 41.1 Å². The minimum atomic E-state index is -0.432. The third-order valence-electron chi connectivity index (χ3n) is 3.88. The Balaban J connectivity index is 1.81. The van der Waals surface area contributed by atoms with Gasteiger partial charge in [0.1, 0.15) is 5.69 Å². The molecular formula is C16H14BrN3O3. The van der Waals surface area contributed by atoms with Crippen molar-refractivity contribution in [2.45, 2.75) is 19.3 Å². The SMILES string of the molecule is O=C(CCc1ccncc1)N1CCc2cc(Br)cc([N+](=O)[O-])c21. The Morgan fingerprint density at radius 3 is 2.78 bits per heavy atom. The van der Waals surface area contributed by atoms with Crippen LogP contribution in [0.4, 0.5) is 11.4 Å². The van der Waals surface area contributed by atoms with Gasteiger partial charge in [0.25, 0.3) is 5.69 Å². The molecule has 0 unspecified atom stereocenters. The number of amides is 1. The zero-order valence-corrected chi connectivity index (χ0v) is 13.8. The Morgan fingerprint density at radius 2 is 2.09 bits per heavy atom. The largest absolute Gasteiger partial charge is 0.306 e. The van der Waals surface area contributed by atoms with E-state index < -0.39 is 4.92 Å². The number of nitro benzene ring substituents is 1. The van der Waals surface area contributed by atoms with Gasteiger partial charge in [-0.2, -0.15) is 0 Å². The van der Waals surface area contributed by atoms with Crippen LogP contribution in [0.5, 0.6) is 0 Å². The molecule has 0 spiro atoms. The fraction of sp³-hybridized carbons (Fsp3) is 0.250. The molecule has 23 heavy (non-hydrogen) atoms. The Morgan fingerprint density at radius 1 is 1.35 bits per heavy atom. The van der Waals surface area contributed by atoms with Crippen molar-refractivity contribution >= 4 is 33.2 Å². The second-order valence-electron chi connectivity index (χ2n) is 5.34. The quantitative estimate of drug-likeness (QED) is 0.606. The van der Waals surface area contributed by atoms with Crippen LogP contribution in [0.25, 0.3) is 0 Å². The van der Waals surface area contributed by atoms with Gasteiger partial charge in [-0.3, -0.25) is 19.9 Å². The molecule has 118 valence electrons. The number of aryl methyl sites for hydroxylation is 1. The molecule has 1 aliphatic rings. The smallest absolute Gasteiger partial charge is 0.294 e. The number of carbonyl (C=O) groups excluding carboxylic acids is 1. The summed E-state index contributed by atoms with van der Waals surface area (Å²) in [7, 11) is 0. The van der Waals surface area contributed by atoms with Crippen molar-refractivity contribution in [1.29, 1.82) is 0 Å². The monoisotopic (exact) mass is 375 g/mol. The van der Waals surface area contributed by atoms with E-state index in [2.05, 4.69) is 20.9 Å². The van der Waals surface area contributed by atoms with Crippen LogP contribution in [0.1, 0.15) is 17.5 Å². The van der Waals surface area contributed by atoms with E-state index in [4.69, 9.17) is 0 Å². The lowest BCUT2D eigenvalue weighted by atomic mass is 10.1. The molecule has 2 aromatic rings. The van der Waals surface area contributed by atoms with Gasteiger partial charge in [-0.1, -0.05) is 15.9 Å². The lowest BCUT2D eigenvalue weighted by Gasteiger charge is -2.17. The first-order valence-electron chi connectivity index (χ1n) is 7.22. The third kappa shape index (κ3) is 3.24. The summed E-state index contributed by atoms with van der Waals surface area (Å²) < 4.78 is 0.661. The van der Waals surface area contributed by atoms with E-state index in [0.717, 1.165) is 11.1 Å². The van der Waals surface area contributed by atoms with Crippen LogP contribution in [0.3, 0.4) is 0 Å². The molecule has 1 aliphatic heterocycles. The Kier molecular flexibility index (Phi) is 4.38. The van der Waals surface area contributed by atoms with Crippen molar-refractivity contribution in [1.82, 2.24) is 4.98 Å². The number of nitro groups is 1. The summed E-state index contributed by atoms with van der Waals surface area (Å²) in [5, 5.41) is 11.3. The first-order valence-corrected chi connectivity index (χ1v) is 8.01. The maximum atomic E-state index is 12.5. The number of hydrogen-bond donors (Lipinski definition) is 0. The van der Waals surface area contributed by atoms with Crippen LogP contribution < -0.4 is 4.90 Å². The maximum absolute atomic E-state index is 12.5. The zero-order valence-electron chi connectivity index (χ0n) is 12.2. The lowest BCUT2D eigenvalue weighted by molar-refractivity contribution is -0.384. The molecule has 7 heteroatoms. The van der Waals surface area contributed by atoms with E-state index in [9.17, 15) is 14.9 Å². The van der Waals surface area contributed by atoms with Gasteiger partial charge < -0.3 is 4.90 Å². The summed E-state index contributed by atoms with van der Waals surface area (Å²) in [5.41, 5.74) is 2.28. The first kappa shape index (κ1) is 15.6. The van der Waals surface area contributed by atoms with Gasteiger partial charge in [0.15, 0.2) is 0 Å². The van der Waals surface area contributed by atoms with E-state index in [-0.39, 0.29) is 11.6 Å². The van der Waals surface area contributed by atoms with Crippen LogP contribution in [-0.4, -0.2) is 22.4 Å². The molecular weight excluding hydrogens is 362 g/mol. The number of hydrogen-bond acceptors (Lipinski definition) is 4. The maximum Gasteiger partial charge on any atom is 0.294 e. The molecule has 1 aromatic carbocycles. The first-order chi connectivity index (χ1) is 11.1. The molecule has 3 rings (SSSR count). The lowest BCUT2D eigenvalue weighted by Crippen LogP contribution is -2.29. The van der Waals surface area contributed by atoms with Crippen LogP contribution in [0, 0.1) is 10.1 Å². The van der Waals surface area contributed by atoms with Crippen molar-refractivity contribution in [3.63, 3.8) is 0 Å². The molecule has 6 nitrogen and oxygen atoms in total. The number of carbonyl (C=O) groups is 1. The number of pyridine rings is 1. The number of rotatable bonds is 4. The minimum absolute atomic E-state index is 0.0239. The molecule has 1 amide bonds. The van der Waals surface area contributed by atoms with Gasteiger partial charge >= 0.3 is 0 Å². The van der Waals surface area contributed by atoms with Crippen molar-refractivity contribution in [3.05, 3.63) is 62.4 Å². The molecule has 0 bridgehead atoms. The molecule has 2 heterocycles. The highest BCUT2D eigenvalue weighted by Gasteiger charge is 2.32. The van der Waals surface area contributed by atoms with E-state index in [0.29, 0.717) is 36.0 Å². The van der Waals surface area contributed by atoms with Gasteiger partial charge in [-0.05, 0) is 42.2 Å². The van der Waals surface area contributed by atoms with Gasteiger partial charge in [0.05, 0.1) is 4.92 Å². The summed E-state index contributed by atoms with van der Waals surface area (Å²) in [5.74, 6) is -0.0917. The number of anilines is 1. The average Bonchev–Trinajstić information content (AvgIpc) is 2.96. The predicted octanol–water partition coefficient (Wildman–Crippen LogP) is 3.27. The number of nitrogens with zero attached hydrogens (tertiary/aromatic N) is 3.